The van der Waals surface area contributed by atoms with E-state index in [9.17, 15) is 8.42 Å². The average Bonchev–Trinajstić information content (AvgIpc) is 2.74. The number of rotatable bonds is 5. The van der Waals surface area contributed by atoms with Gasteiger partial charge in [0, 0.05) is 25.6 Å². The molecule has 0 aliphatic carbocycles. The van der Waals surface area contributed by atoms with Crippen LogP contribution in [0.4, 0.5) is 0 Å². The summed E-state index contributed by atoms with van der Waals surface area (Å²) in [5, 5.41) is 10.6. The summed E-state index contributed by atoms with van der Waals surface area (Å²) < 4.78 is 28.2. The van der Waals surface area contributed by atoms with Crippen molar-refractivity contribution in [3.63, 3.8) is 0 Å². The van der Waals surface area contributed by atoms with Crippen LogP contribution in [0.5, 0.6) is 0 Å². The average molecular weight is 330 g/mol. The molecular formula is C14H22N2O3S2. The highest BCUT2D eigenvalue weighted by atomic mass is 32.2. The van der Waals surface area contributed by atoms with E-state index in [4.69, 9.17) is 5.11 Å². The summed E-state index contributed by atoms with van der Waals surface area (Å²) in [4.78, 5) is 0.869. The van der Waals surface area contributed by atoms with Crippen LogP contribution in [0.1, 0.15) is 37.6 Å². The fraction of sp³-hybridized carbons (Fsp3) is 0.571. The molecule has 0 atom stereocenters. The predicted molar refractivity (Wildman–Crippen MR) is 86.2 cm³/mol. The third kappa shape index (κ3) is 6.59. The zero-order chi connectivity index (χ0) is 16.1. The van der Waals surface area contributed by atoms with Crippen molar-refractivity contribution in [3.05, 3.63) is 21.9 Å². The third-order valence-electron chi connectivity index (χ3n) is 2.35. The van der Waals surface area contributed by atoms with Crippen LogP contribution in [0, 0.1) is 11.8 Å². The molecule has 118 valence electrons. The lowest BCUT2D eigenvalue weighted by Gasteiger charge is -2.25. The van der Waals surface area contributed by atoms with E-state index in [1.54, 1.807) is 27.8 Å². The topological polar surface area (TPSA) is 69.6 Å². The molecular weight excluding hydrogens is 308 g/mol. The molecule has 0 saturated carbocycles. The minimum absolute atomic E-state index is 0.0463. The molecule has 2 N–H and O–H groups in total. The summed E-state index contributed by atoms with van der Waals surface area (Å²) >= 11 is 1.47. The number of aliphatic hydroxyl groups excluding tert-OH is 1. The molecule has 0 bridgehead atoms. The molecule has 1 heterocycles. The van der Waals surface area contributed by atoms with E-state index in [0.29, 0.717) is 13.0 Å². The Balaban J connectivity index is 2.72. The van der Waals surface area contributed by atoms with E-state index in [1.165, 1.54) is 15.6 Å². The van der Waals surface area contributed by atoms with E-state index < -0.39 is 15.7 Å². The van der Waals surface area contributed by atoms with E-state index in [2.05, 4.69) is 16.6 Å². The first-order chi connectivity index (χ1) is 9.64. The zero-order valence-electron chi connectivity index (χ0n) is 12.8. The van der Waals surface area contributed by atoms with Gasteiger partial charge in [-0.2, -0.15) is 17.4 Å². The van der Waals surface area contributed by atoms with Crippen LogP contribution in [0.25, 0.3) is 0 Å². The van der Waals surface area contributed by atoms with Crippen molar-refractivity contribution in [3.8, 4) is 11.8 Å². The summed E-state index contributed by atoms with van der Waals surface area (Å²) in [6, 6.07) is 1.87. The standard InChI is InChI=1S/C14H22N2O3S2/c1-14(2,3)15-21(18,19)16(4)10-12-9-13(20-11-12)7-5-6-8-17/h9,11,15,17H,6,8,10H2,1-4H3. The first kappa shape index (κ1) is 18.1. The molecule has 0 aliphatic heterocycles. The second-order valence-electron chi connectivity index (χ2n) is 5.71. The van der Waals surface area contributed by atoms with Crippen molar-refractivity contribution in [2.45, 2.75) is 39.3 Å². The molecule has 0 spiro atoms. The lowest BCUT2D eigenvalue weighted by Crippen LogP contribution is -2.47. The highest BCUT2D eigenvalue weighted by Crippen LogP contribution is 2.16. The molecule has 21 heavy (non-hydrogen) atoms. The summed E-state index contributed by atoms with van der Waals surface area (Å²) in [7, 11) is -1.96. The van der Waals surface area contributed by atoms with Gasteiger partial charge in [-0.05, 0) is 37.8 Å². The quantitative estimate of drug-likeness (QED) is 0.805. The van der Waals surface area contributed by atoms with E-state index in [1.807, 2.05) is 11.4 Å². The fourth-order valence-electron chi connectivity index (χ4n) is 1.54. The first-order valence-electron chi connectivity index (χ1n) is 6.56. The van der Waals surface area contributed by atoms with Crippen molar-refractivity contribution < 1.29 is 13.5 Å². The fourth-order valence-corrected chi connectivity index (χ4v) is 3.56. The van der Waals surface area contributed by atoms with Gasteiger partial charge in [0.05, 0.1) is 11.5 Å². The van der Waals surface area contributed by atoms with E-state index in [-0.39, 0.29) is 6.61 Å². The molecule has 0 aliphatic rings. The molecule has 7 heteroatoms. The Morgan fingerprint density at radius 1 is 1.43 bits per heavy atom. The van der Waals surface area contributed by atoms with Crippen LogP contribution in [-0.4, -0.2) is 37.0 Å². The second-order valence-corrected chi connectivity index (χ2v) is 8.40. The molecule has 0 aromatic carbocycles. The summed E-state index contributed by atoms with van der Waals surface area (Å²) in [5.41, 5.74) is 0.387. The smallest absolute Gasteiger partial charge is 0.279 e. The minimum Gasteiger partial charge on any atom is -0.395 e. The Kier molecular flexibility index (Phi) is 6.38. The molecule has 0 unspecified atom stereocenters. The molecule has 0 fully saturated rings. The predicted octanol–water partition coefficient (Wildman–Crippen LogP) is 1.55. The van der Waals surface area contributed by atoms with Gasteiger partial charge in [-0.3, -0.25) is 0 Å². The van der Waals surface area contributed by atoms with Crippen LogP contribution < -0.4 is 4.72 Å². The van der Waals surface area contributed by atoms with Crippen LogP contribution in [0.3, 0.4) is 0 Å². The van der Waals surface area contributed by atoms with Crippen LogP contribution in [0.2, 0.25) is 0 Å². The molecule has 1 aromatic heterocycles. The Bertz CT molecular complexity index is 619. The largest absolute Gasteiger partial charge is 0.395 e. The molecule has 0 amide bonds. The molecule has 1 rings (SSSR count). The monoisotopic (exact) mass is 330 g/mol. The summed E-state index contributed by atoms with van der Waals surface area (Å²) in [5.74, 6) is 5.79. The van der Waals surface area contributed by atoms with Gasteiger partial charge in [0.2, 0.25) is 0 Å². The Morgan fingerprint density at radius 3 is 2.67 bits per heavy atom. The minimum atomic E-state index is -3.51. The number of nitrogens with zero attached hydrogens (tertiary/aromatic N) is 1. The van der Waals surface area contributed by atoms with Gasteiger partial charge in [-0.1, -0.05) is 11.8 Å². The highest BCUT2D eigenvalue weighted by molar-refractivity contribution is 7.87. The number of hydrogen-bond acceptors (Lipinski definition) is 4. The van der Waals surface area contributed by atoms with Crippen molar-refractivity contribution in [1.82, 2.24) is 9.03 Å². The van der Waals surface area contributed by atoms with Gasteiger partial charge in [0.1, 0.15) is 0 Å². The van der Waals surface area contributed by atoms with Gasteiger partial charge < -0.3 is 5.11 Å². The van der Waals surface area contributed by atoms with Gasteiger partial charge in [0.15, 0.2) is 0 Å². The Hall–Kier alpha value is -0.910. The highest BCUT2D eigenvalue weighted by Gasteiger charge is 2.24. The zero-order valence-corrected chi connectivity index (χ0v) is 14.4. The van der Waals surface area contributed by atoms with Gasteiger partial charge in [-0.25, -0.2) is 0 Å². The van der Waals surface area contributed by atoms with Crippen molar-refractivity contribution in [2.75, 3.05) is 13.7 Å². The van der Waals surface area contributed by atoms with Crippen LogP contribution >= 0.6 is 11.3 Å². The number of nitrogens with one attached hydrogen (secondary N) is 1. The number of aliphatic hydroxyl groups is 1. The van der Waals surface area contributed by atoms with Crippen molar-refractivity contribution in [1.29, 1.82) is 0 Å². The van der Waals surface area contributed by atoms with Crippen LogP contribution in [0.15, 0.2) is 11.4 Å². The van der Waals surface area contributed by atoms with E-state index in [0.717, 1.165) is 10.4 Å². The maximum Gasteiger partial charge on any atom is 0.279 e. The normalized spacial score (nSPS) is 12.3. The van der Waals surface area contributed by atoms with Gasteiger partial charge in [0.25, 0.3) is 10.2 Å². The van der Waals surface area contributed by atoms with Crippen molar-refractivity contribution in [2.24, 2.45) is 0 Å². The molecule has 1 aromatic rings. The second kappa shape index (κ2) is 7.38. The summed E-state index contributed by atoms with van der Waals surface area (Å²) in [6.45, 7) is 5.75. The van der Waals surface area contributed by atoms with Crippen molar-refractivity contribution >= 4 is 21.5 Å². The molecule has 5 nitrogen and oxygen atoms in total. The number of thiophene rings is 1. The third-order valence-corrected chi connectivity index (χ3v) is 5.07. The Labute approximate surface area is 131 Å². The summed E-state index contributed by atoms with van der Waals surface area (Å²) in [6.07, 6.45) is 0.441. The molecule has 0 radical (unpaired) electrons. The maximum atomic E-state index is 12.1. The first-order valence-corrected chi connectivity index (χ1v) is 8.88. The lowest BCUT2D eigenvalue weighted by molar-refractivity contribution is 0.305. The molecule has 0 saturated heterocycles. The maximum absolute atomic E-state index is 12.1. The number of hydrogen-bond donors (Lipinski definition) is 2. The SMILES string of the molecule is CN(Cc1csc(C#CCCO)c1)S(=O)(=O)NC(C)(C)C. The Morgan fingerprint density at radius 2 is 2.10 bits per heavy atom. The lowest BCUT2D eigenvalue weighted by atomic mass is 10.1. The van der Waals surface area contributed by atoms with Gasteiger partial charge >= 0.3 is 0 Å². The van der Waals surface area contributed by atoms with Gasteiger partial charge in [-0.15, -0.1) is 11.3 Å². The van der Waals surface area contributed by atoms with E-state index >= 15 is 0 Å². The van der Waals surface area contributed by atoms with Crippen LogP contribution in [-0.2, 0) is 16.8 Å².